The van der Waals surface area contributed by atoms with Gasteiger partial charge in [-0.05, 0) is 19.1 Å². The second kappa shape index (κ2) is 5.59. The fraction of sp³-hybridized carbons (Fsp3) is 0.429. The van der Waals surface area contributed by atoms with Crippen LogP contribution in [0.5, 0.6) is 0 Å². The van der Waals surface area contributed by atoms with Crippen molar-refractivity contribution in [2.75, 3.05) is 20.1 Å². The molecule has 1 heterocycles. The summed E-state index contributed by atoms with van der Waals surface area (Å²) in [5.74, 6) is 3.02. The van der Waals surface area contributed by atoms with E-state index >= 15 is 0 Å². The molecular weight excluding hydrogens is 260 g/mol. The van der Waals surface area contributed by atoms with E-state index in [1.54, 1.807) is 24.3 Å². The van der Waals surface area contributed by atoms with Crippen LogP contribution in [0, 0.1) is 6.92 Å². The van der Waals surface area contributed by atoms with Crippen LogP contribution in [-0.2, 0) is 10.0 Å². The lowest BCUT2D eigenvalue weighted by atomic mass is 10.2. The minimum absolute atomic E-state index is 0.306. The minimum Gasteiger partial charge on any atom is -0.263 e. The van der Waals surface area contributed by atoms with Crippen LogP contribution in [0.1, 0.15) is 18.4 Å². The molecule has 1 saturated heterocycles. The first-order valence-corrected chi connectivity index (χ1v) is 7.83. The highest BCUT2D eigenvalue weighted by atomic mass is 32.2. The molecule has 0 bridgehead atoms. The molecule has 5 heteroatoms. The lowest BCUT2D eigenvalue weighted by Gasteiger charge is -2.12. The number of hydrogen-bond acceptors (Lipinski definition) is 2. The van der Waals surface area contributed by atoms with Crippen LogP contribution in [0.4, 0.5) is 0 Å². The van der Waals surface area contributed by atoms with Gasteiger partial charge in [-0.15, -0.1) is 0 Å². The highest BCUT2D eigenvalue weighted by Crippen LogP contribution is 2.14. The van der Waals surface area contributed by atoms with Crippen molar-refractivity contribution in [3.8, 4) is 0 Å². The van der Waals surface area contributed by atoms with Crippen molar-refractivity contribution in [3.63, 3.8) is 0 Å². The molecule has 0 aliphatic carbocycles. The van der Waals surface area contributed by atoms with Crippen LogP contribution in [0.15, 0.2) is 35.4 Å². The number of hydrogen-bond donors (Lipinski definition) is 0. The first-order chi connectivity index (χ1) is 9.00. The summed E-state index contributed by atoms with van der Waals surface area (Å²) < 4.78 is 27.8. The summed E-state index contributed by atoms with van der Waals surface area (Å²) in [4.78, 5) is 0.306. The maximum atomic E-state index is 12.3. The van der Waals surface area contributed by atoms with Crippen molar-refractivity contribution in [3.05, 3.63) is 36.0 Å². The molecule has 102 valence electrons. The highest BCUT2D eigenvalue weighted by Gasteiger charge is 2.18. The van der Waals surface area contributed by atoms with E-state index in [1.165, 1.54) is 17.6 Å². The van der Waals surface area contributed by atoms with Gasteiger partial charge in [-0.1, -0.05) is 17.7 Å². The predicted molar refractivity (Wildman–Crippen MR) is 74.9 cm³/mol. The molecule has 0 radical (unpaired) electrons. The van der Waals surface area contributed by atoms with Gasteiger partial charge in [0.05, 0.1) is 4.90 Å². The molecule has 1 aliphatic rings. The van der Waals surface area contributed by atoms with Crippen molar-refractivity contribution in [1.29, 1.82) is 0 Å². The molecule has 0 unspecified atom stereocenters. The number of sulfonamides is 1. The van der Waals surface area contributed by atoms with E-state index in [9.17, 15) is 8.42 Å². The van der Waals surface area contributed by atoms with Gasteiger partial charge < -0.3 is 0 Å². The summed E-state index contributed by atoms with van der Waals surface area (Å²) in [6.07, 6.45) is 3.80. The summed E-state index contributed by atoms with van der Waals surface area (Å²) in [5.41, 5.74) is 1.04. The summed E-state index contributed by atoms with van der Waals surface area (Å²) in [6, 6.07) is 6.86. The molecular formula is C14H19N2O2S+. The van der Waals surface area contributed by atoms with Crippen LogP contribution in [-0.4, -0.2) is 43.3 Å². The van der Waals surface area contributed by atoms with Crippen LogP contribution < -0.4 is 0 Å². The van der Waals surface area contributed by atoms with Gasteiger partial charge in [-0.3, -0.25) is 4.31 Å². The van der Waals surface area contributed by atoms with E-state index in [0.717, 1.165) is 31.5 Å². The summed E-state index contributed by atoms with van der Waals surface area (Å²) >= 11 is 0. The smallest absolute Gasteiger partial charge is 0.263 e. The fourth-order valence-electron chi connectivity index (χ4n) is 1.96. The molecule has 0 amide bonds. The Balaban J connectivity index is 2.24. The van der Waals surface area contributed by atoms with Crippen LogP contribution in [0.3, 0.4) is 0 Å². The van der Waals surface area contributed by atoms with E-state index in [0.29, 0.717) is 4.90 Å². The topological polar surface area (TPSA) is 40.4 Å². The lowest BCUT2D eigenvalue weighted by molar-refractivity contribution is -0.499. The SMILES string of the molecule is Cc1ccc(S(=O)(=O)N(C)C=C=[N+]2CCCC2)cc1. The molecule has 1 aromatic rings. The molecule has 1 aromatic carbocycles. The van der Waals surface area contributed by atoms with Crippen molar-refractivity contribution in [2.24, 2.45) is 0 Å². The average Bonchev–Trinajstić information content (AvgIpc) is 2.89. The largest absolute Gasteiger partial charge is 0.264 e. The van der Waals surface area contributed by atoms with Crippen molar-refractivity contribution in [2.45, 2.75) is 24.7 Å². The standard InChI is InChI=1S/C14H19N2O2S/c1-13-5-7-14(8-6-13)19(17,18)15(2)11-12-16-9-3-4-10-16/h5-8,11H,3-4,9-10H2,1-2H3/q+1. The average molecular weight is 279 g/mol. The molecule has 0 N–H and O–H groups in total. The van der Waals surface area contributed by atoms with Gasteiger partial charge in [0.2, 0.25) is 0 Å². The Morgan fingerprint density at radius 1 is 1.21 bits per heavy atom. The Bertz CT molecular complexity index is 603. The second-order valence-corrected chi connectivity index (χ2v) is 6.78. The van der Waals surface area contributed by atoms with E-state index in [-0.39, 0.29) is 0 Å². The number of rotatable bonds is 3. The fourth-order valence-corrected chi connectivity index (χ4v) is 2.95. The van der Waals surface area contributed by atoms with Crippen LogP contribution in [0.2, 0.25) is 0 Å². The summed E-state index contributed by atoms with van der Waals surface area (Å²) in [6.45, 7) is 3.84. The van der Waals surface area contributed by atoms with Gasteiger partial charge in [0.25, 0.3) is 10.0 Å². The maximum Gasteiger partial charge on any atom is 0.264 e. The molecule has 1 fully saturated rings. The Morgan fingerprint density at radius 2 is 1.79 bits per heavy atom. The molecule has 0 atom stereocenters. The molecule has 4 nitrogen and oxygen atoms in total. The molecule has 19 heavy (non-hydrogen) atoms. The van der Waals surface area contributed by atoms with Gasteiger partial charge in [0.1, 0.15) is 6.20 Å². The van der Waals surface area contributed by atoms with Gasteiger partial charge >= 0.3 is 0 Å². The van der Waals surface area contributed by atoms with E-state index in [1.807, 2.05) is 11.5 Å². The second-order valence-electron chi connectivity index (χ2n) is 4.79. The maximum absolute atomic E-state index is 12.3. The predicted octanol–water partition coefficient (Wildman–Crippen LogP) is 1.61. The third-order valence-corrected chi connectivity index (χ3v) is 4.96. The van der Waals surface area contributed by atoms with E-state index in [4.69, 9.17) is 0 Å². The molecule has 0 spiro atoms. The molecule has 2 rings (SSSR count). The molecule has 0 saturated carbocycles. The Morgan fingerprint density at radius 3 is 2.37 bits per heavy atom. The number of benzene rings is 1. The summed E-state index contributed by atoms with van der Waals surface area (Å²) in [7, 11) is -1.92. The lowest BCUT2D eigenvalue weighted by Crippen LogP contribution is -2.22. The van der Waals surface area contributed by atoms with Crippen molar-refractivity contribution < 1.29 is 13.0 Å². The summed E-state index contributed by atoms with van der Waals surface area (Å²) in [5, 5.41) is 0. The quantitative estimate of drug-likeness (QED) is 0.789. The van der Waals surface area contributed by atoms with E-state index < -0.39 is 10.0 Å². The molecule has 1 aliphatic heterocycles. The number of aryl methyl sites for hydroxylation is 1. The molecule has 0 aromatic heterocycles. The van der Waals surface area contributed by atoms with Gasteiger partial charge in [-0.2, -0.15) is 4.58 Å². The van der Waals surface area contributed by atoms with Gasteiger partial charge in [0.15, 0.2) is 19.0 Å². The van der Waals surface area contributed by atoms with E-state index in [2.05, 4.69) is 5.87 Å². The van der Waals surface area contributed by atoms with Gasteiger partial charge in [0, 0.05) is 19.9 Å². The Kier molecular flexibility index (Phi) is 4.08. The first kappa shape index (κ1) is 13.8. The van der Waals surface area contributed by atoms with Crippen LogP contribution in [0.25, 0.3) is 0 Å². The zero-order chi connectivity index (χ0) is 13.9. The van der Waals surface area contributed by atoms with Crippen LogP contribution >= 0.6 is 0 Å². The minimum atomic E-state index is -3.46. The number of nitrogens with zero attached hydrogens (tertiary/aromatic N) is 2. The Hall–Kier alpha value is -1.58. The van der Waals surface area contributed by atoms with Crippen molar-refractivity contribution in [1.82, 2.24) is 4.31 Å². The Labute approximate surface area is 114 Å². The monoisotopic (exact) mass is 279 g/mol. The zero-order valence-corrected chi connectivity index (χ0v) is 12.2. The van der Waals surface area contributed by atoms with Gasteiger partial charge in [-0.25, -0.2) is 8.42 Å². The van der Waals surface area contributed by atoms with Crippen molar-refractivity contribution >= 4 is 15.9 Å². The third kappa shape index (κ3) is 3.25. The first-order valence-electron chi connectivity index (χ1n) is 6.39. The third-order valence-electron chi connectivity index (χ3n) is 3.23. The zero-order valence-electron chi connectivity index (χ0n) is 11.3. The highest BCUT2D eigenvalue weighted by molar-refractivity contribution is 7.89. The normalized spacial score (nSPS) is 15.2.